The van der Waals surface area contributed by atoms with Crippen LogP contribution in [0.3, 0.4) is 0 Å². The molecule has 156 valence electrons. The lowest BCUT2D eigenvalue weighted by Crippen LogP contribution is -2.45. The molecule has 2 aliphatic heterocycles. The number of aryl methyl sites for hydroxylation is 1. The van der Waals surface area contributed by atoms with E-state index in [4.69, 9.17) is 19.8 Å². The molecule has 6 nitrogen and oxygen atoms in total. The summed E-state index contributed by atoms with van der Waals surface area (Å²) in [6, 6.07) is 10.1. The molecule has 28 heavy (non-hydrogen) atoms. The van der Waals surface area contributed by atoms with Gasteiger partial charge >= 0.3 is 11.9 Å². The molecule has 0 aromatic heterocycles. The Hall–Kier alpha value is -1.92. The van der Waals surface area contributed by atoms with Crippen molar-refractivity contribution in [1.29, 1.82) is 0 Å². The van der Waals surface area contributed by atoms with Crippen molar-refractivity contribution in [2.75, 3.05) is 26.2 Å². The Balaban J connectivity index is 0.000000409. The standard InChI is InChI=1S/C20H32N2.C2H2O4/c1-2-18-7-9-19(10-8-18)17-21-15-11-20(12-16-21)22-13-5-3-4-6-14-22;3-1(4)2(5)6/h7-10,20H,2-6,11-17H2,1H3;(H,3,4)(H,5,6). The zero-order chi connectivity index (χ0) is 20.4. The zero-order valence-electron chi connectivity index (χ0n) is 17.0. The van der Waals surface area contributed by atoms with Crippen LogP contribution in [0.25, 0.3) is 0 Å². The molecule has 2 N–H and O–H groups in total. The van der Waals surface area contributed by atoms with Crippen molar-refractivity contribution >= 4 is 11.9 Å². The van der Waals surface area contributed by atoms with E-state index in [1.54, 1.807) is 0 Å². The molecular weight excluding hydrogens is 356 g/mol. The van der Waals surface area contributed by atoms with Crippen molar-refractivity contribution in [3.05, 3.63) is 35.4 Å². The molecule has 2 fully saturated rings. The van der Waals surface area contributed by atoms with Crippen LogP contribution in [0.1, 0.15) is 56.6 Å². The molecule has 1 aromatic carbocycles. The largest absolute Gasteiger partial charge is 0.473 e. The summed E-state index contributed by atoms with van der Waals surface area (Å²) >= 11 is 0. The van der Waals surface area contributed by atoms with Crippen molar-refractivity contribution in [2.45, 2.75) is 64.5 Å². The highest BCUT2D eigenvalue weighted by Crippen LogP contribution is 2.21. The average molecular weight is 391 g/mol. The van der Waals surface area contributed by atoms with E-state index < -0.39 is 11.9 Å². The van der Waals surface area contributed by atoms with Gasteiger partial charge in [-0.15, -0.1) is 0 Å². The SMILES string of the molecule is CCc1ccc(CN2CCC(N3CCCCCC3)CC2)cc1.O=C(O)C(=O)O. The van der Waals surface area contributed by atoms with Crippen molar-refractivity contribution in [1.82, 2.24) is 9.80 Å². The number of carbonyl (C=O) groups is 2. The molecule has 3 rings (SSSR count). The summed E-state index contributed by atoms with van der Waals surface area (Å²) in [5.74, 6) is -3.65. The van der Waals surface area contributed by atoms with E-state index in [1.165, 1.54) is 75.8 Å². The van der Waals surface area contributed by atoms with Crippen LogP contribution in [0.2, 0.25) is 0 Å². The first-order valence-electron chi connectivity index (χ1n) is 10.5. The number of aliphatic carboxylic acids is 2. The summed E-state index contributed by atoms with van der Waals surface area (Å²) in [5.41, 5.74) is 2.93. The van der Waals surface area contributed by atoms with Gasteiger partial charge in [-0.25, -0.2) is 9.59 Å². The third-order valence-corrected chi connectivity index (χ3v) is 5.73. The summed E-state index contributed by atoms with van der Waals surface area (Å²) in [6.07, 6.45) is 9.61. The first kappa shape index (κ1) is 22.4. The molecule has 2 saturated heterocycles. The van der Waals surface area contributed by atoms with Gasteiger partial charge in [0, 0.05) is 12.6 Å². The van der Waals surface area contributed by atoms with Gasteiger partial charge in [-0.2, -0.15) is 0 Å². The van der Waals surface area contributed by atoms with E-state index in [-0.39, 0.29) is 0 Å². The predicted octanol–water partition coefficient (Wildman–Crippen LogP) is 3.25. The molecule has 6 heteroatoms. The highest BCUT2D eigenvalue weighted by Gasteiger charge is 2.24. The van der Waals surface area contributed by atoms with E-state index in [0.717, 1.165) is 19.0 Å². The Labute approximate surface area is 168 Å². The van der Waals surface area contributed by atoms with Crippen molar-refractivity contribution in [3.63, 3.8) is 0 Å². The number of hydrogen-bond acceptors (Lipinski definition) is 4. The number of likely N-dealkylation sites (tertiary alicyclic amines) is 2. The minimum Gasteiger partial charge on any atom is -0.473 e. The lowest BCUT2D eigenvalue weighted by molar-refractivity contribution is -0.159. The quantitative estimate of drug-likeness (QED) is 0.768. The number of rotatable bonds is 4. The number of piperidine rings is 1. The number of benzene rings is 1. The lowest BCUT2D eigenvalue weighted by atomic mass is 10.0. The third-order valence-electron chi connectivity index (χ3n) is 5.73. The summed E-state index contributed by atoms with van der Waals surface area (Å²) in [4.78, 5) is 23.6. The third kappa shape index (κ3) is 7.60. The minimum atomic E-state index is -1.82. The minimum absolute atomic E-state index is 0.858. The van der Waals surface area contributed by atoms with E-state index in [9.17, 15) is 0 Å². The van der Waals surface area contributed by atoms with Crippen molar-refractivity contribution < 1.29 is 19.8 Å². The van der Waals surface area contributed by atoms with Crippen LogP contribution in [0.5, 0.6) is 0 Å². The van der Waals surface area contributed by atoms with Crippen LogP contribution in [0, 0.1) is 0 Å². The van der Waals surface area contributed by atoms with Crippen molar-refractivity contribution in [2.24, 2.45) is 0 Å². The first-order chi connectivity index (χ1) is 13.5. The molecule has 0 bridgehead atoms. The maximum absolute atomic E-state index is 9.10. The second kappa shape index (κ2) is 11.8. The molecule has 0 saturated carbocycles. The van der Waals surface area contributed by atoms with Gasteiger partial charge < -0.3 is 15.1 Å². The molecule has 0 spiro atoms. The van der Waals surface area contributed by atoms with Gasteiger partial charge in [-0.1, -0.05) is 44.0 Å². The molecule has 0 aliphatic carbocycles. The van der Waals surface area contributed by atoms with Gasteiger partial charge in [0.25, 0.3) is 0 Å². The zero-order valence-corrected chi connectivity index (χ0v) is 17.0. The second-order valence-corrected chi connectivity index (χ2v) is 7.74. The van der Waals surface area contributed by atoms with Gasteiger partial charge in [0.15, 0.2) is 0 Å². The van der Waals surface area contributed by atoms with Crippen LogP contribution in [0.15, 0.2) is 24.3 Å². The van der Waals surface area contributed by atoms with Gasteiger partial charge in [0.1, 0.15) is 0 Å². The van der Waals surface area contributed by atoms with Crippen LogP contribution in [0.4, 0.5) is 0 Å². The molecule has 2 aliphatic rings. The molecule has 0 radical (unpaired) electrons. The molecule has 2 heterocycles. The molecule has 0 amide bonds. The Bertz CT molecular complexity index is 589. The smallest absolute Gasteiger partial charge is 0.414 e. The number of carboxylic acid groups (broad SMARTS) is 2. The maximum atomic E-state index is 9.10. The van der Waals surface area contributed by atoms with E-state index >= 15 is 0 Å². The topological polar surface area (TPSA) is 81.1 Å². The Morgan fingerprint density at radius 2 is 1.36 bits per heavy atom. The highest BCUT2D eigenvalue weighted by atomic mass is 16.4. The Morgan fingerprint density at radius 3 is 1.82 bits per heavy atom. The maximum Gasteiger partial charge on any atom is 0.414 e. The van der Waals surface area contributed by atoms with Crippen LogP contribution in [-0.2, 0) is 22.6 Å². The van der Waals surface area contributed by atoms with Crippen molar-refractivity contribution in [3.8, 4) is 0 Å². The summed E-state index contributed by atoms with van der Waals surface area (Å²) in [7, 11) is 0. The summed E-state index contributed by atoms with van der Waals surface area (Å²) in [5, 5.41) is 14.8. The van der Waals surface area contributed by atoms with Crippen LogP contribution in [-0.4, -0.2) is 64.2 Å². The van der Waals surface area contributed by atoms with E-state index in [2.05, 4.69) is 41.0 Å². The Kier molecular flexibility index (Phi) is 9.44. The van der Waals surface area contributed by atoms with E-state index in [1.807, 2.05) is 0 Å². The fourth-order valence-corrected chi connectivity index (χ4v) is 4.04. The van der Waals surface area contributed by atoms with Crippen LogP contribution < -0.4 is 0 Å². The fourth-order valence-electron chi connectivity index (χ4n) is 4.04. The normalized spacial score (nSPS) is 19.3. The lowest BCUT2D eigenvalue weighted by Gasteiger charge is -2.38. The van der Waals surface area contributed by atoms with Gasteiger partial charge in [0.05, 0.1) is 0 Å². The fraction of sp³-hybridized carbons (Fsp3) is 0.636. The van der Waals surface area contributed by atoms with Crippen LogP contribution >= 0.6 is 0 Å². The average Bonchev–Trinajstić information content (AvgIpc) is 2.99. The number of hydrogen-bond donors (Lipinski definition) is 2. The highest BCUT2D eigenvalue weighted by molar-refractivity contribution is 6.27. The van der Waals surface area contributed by atoms with Gasteiger partial charge in [-0.3, -0.25) is 4.90 Å². The Morgan fingerprint density at radius 1 is 0.857 bits per heavy atom. The summed E-state index contributed by atoms with van der Waals surface area (Å²) < 4.78 is 0. The van der Waals surface area contributed by atoms with Gasteiger partial charge in [-0.05, 0) is 69.4 Å². The number of carboxylic acids is 2. The van der Waals surface area contributed by atoms with Gasteiger partial charge in [0.2, 0.25) is 0 Å². The number of nitrogens with zero attached hydrogens (tertiary/aromatic N) is 2. The second-order valence-electron chi connectivity index (χ2n) is 7.74. The first-order valence-corrected chi connectivity index (χ1v) is 10.5. The monoisotopic (exact) mass is 390 g/mol. The van der Waals surface area contributed by atoms with E-state index in [0.29, 0.717) is 0 Å². The predicted molar refractivity (Wildman–Crippen MR) is 109 cm³/mol. The molecular formula is C22H34N2O4. The molecule has 0 atom stereocenters. The summed E-state index contributed by atoms with van der Waals surface area (Å²) in [6.45, 7) is 8.61. The molecule has 1 aromatic rings. The molecule has 0 unspecified atom stereocenters.